The highest BCUT2D eigenvalue weighted by Gasteiger charge is 2.37. The van der Waals surface area contributed by atoms with E-state index in [1.54, 1.807) is 0 Å². The van der Waals surface area contributed by atoms with Gasteiger partial charge in [-0.1, -0.05) is 39.5 Å². The van der Waals surface area contributed by atoms with Crippen molar-refractivity contribution in [1.82, 2.24) is 10.6 Å². The Balaban J connectivity index is 2.35. The fourth-order valence-corrected chi connectivity index (χ4v) is 2.97. The van der Waals surface area contributed by atoms with Crippen molar-refractivity contribution in [3.8, 4) is 0 Å². The van der Waals surface area contributed by atoms with Crippen LogP contribution in [0.1, 0.15) is 72.1 Å². The summed E-state index contributed by atoms with van der Waals surface area (Å²) >= 11 is 0. The molecule has 0 bridgehead atoms. The summed E-state index contributed by atoms with van der Waals surface area (Å²) in [5.74, 6) is 0.291. The van der Waals surface area contributed by atoms with Gasteiger partial charge in [-0.05, 0) is 45.7 Å². The summed E-state index contributed by atoms with van der Waals surface area (Å²) in [5.41, 5.74) is -0.108. The second-order valence-electron chi connectivity index (χ2n) is 6.11. The predicted molar refractivity (Wildman–Crippen MR) is 81.2 cm³/mol. The van der Waals surface area contributed by atoms with E-state index in [4.69, 9.17) is 0 Å². The van der Waals surface area contributed by atoms with E-state index in [0.29, 0.717) is 11.9 Å². The summed E-state index contributed by atoms with van der Waals surface area (Å²) in [6, 6.07) is 0.322. The number of hydrogen-bond acceptors (Lipinski definition) is 2. The molecule has 0 aromatic carbocycles. The van der Waals surface area contributed by atoms with Crippen molar-refractivity contribution in [3.05, 3.63) is 0 Å². The molecule has 1 atom stereocenters. The first kappa shape index (κ1) is 16.5. The molecule has 19 heavy (non-hydrogen) atoms. The standard InChI is InChI=1S/C16H32N2O/c1-4-6-7-8-9-14(3)18-15(19)16(5-2)10-12-17-13-11-16/h14,17H,4-13H2,1-3H3,(H,18,19). The molecule has 0 saturated carbocycles. The Hall–Kier alpha value is -0.570. The van der Waals surface area contributed by atoms with Gasteiger partial charge in [0.05, 0.1) is 5.41 Å². The molecule has 0 aromatic heterocycles. The summed E-state index contributed by atoms with van der Waals surface area (Å²) in [4.78, 5) is 12.5. The van der Waals surface area contributed by atoms with Crippen LogP contribution < -0.4 is 10.6 Å². The Labute approximate surface area is 118 Å². The molecule has 3 nitrogen and oxygen atoms in total. The fraction of sp³-hybridized carbons (Fsp3) is 0.938. The van der Waals surface area contributed by atoms with Crippen molar-refractivity contribution < 1.29 is 4.79 Å². The van der Waals surface area contributed by atoms with Gasteiger partial charge in [0.1, 0.15) is 0 Å². The van der Waals surface area contributed by atoms with Gasteiger partial charge in [-0.2, -0.15) is 0 Å². The molecule has 112 valence electrons. The van der Waals surface area contributed by atoms with E-state index in [1.165, 1.54) is 25.7 Å². The zero-order valence-corrected chi connectivity index (χ0v) is 13.1. The minimum atomic E-state index is -0.108. The van der Waals surface area contributed by atoms with Crippen LogP contribution in [0.3, 0.4) is 0 Å². The molecule has 2 N–H and O–H groups in total. The van der Waals surface area contributed by atoms with Gasteiger partial charge in [0, 0.05) is 6.04 Å². The lowest BCUT2D eigenvalue weighted by Gasteiger charge is -2.36. The molecule has 3 heteroatoms. The van der Waals surface area contributed by atoms with E-state index in [1.807, 2.05) is 0 Å². The average molecular weight is 268 g/mol. The van der Waals surface area contributed by atoms with E-state index in [2.05, 4.69) is 31.4 Å². The minimum absolute atomic E-state index is 0.108. The molecule has 0 aliphatic carbocycles. The number of piperidine rings is 1. The summed E-state index contributed by atoms with van der Waals surface area (Å²) < 4.78 is 0. The first-order chi connectivity index (χ1) is 9.14. The van der Waals surface area contributed by atoms with Gasteiger partial charge < -0.3 is 10.6 Å². The Morgan fingerprint density at radius 2 is 1.89 bits per heavy atom. The number of nitrogens with one attached hydrogen (secondary N) is 2. The maximum absolute atomic E-state index is 12.5. The molecule has 1 heterocycles. The SMILES string of the molecule is CCCCCCC(C)NC(=O)C1(CC)CCNCC1. The van der Waals surface area contributed by atoms with Crippen LogP contribution >= 0.6 is 0 Å². The highest BCUT2D eigenvalue weighted by Crippen LogP contribution is 2.32. The molecule has 1 unspecified atom stereocenters. The second-order valence-corrected chi connectivity index (χ2v) is 6.11. The van der Waals surface area contributed by atoms with Crippen LogP contribution in [0, 0.1) is 5.41 Å². The van der Waals surface area contributed by atoms with E-state index >= 15 is 0 Å². The molecule has 0 aromatic rings. The molecule has 1 saturated heterocycles. The van der Waals surface area contributed by atoms with Crippen molar-refractivity contribution in [2.45, 2.75) is 78.2 Å². The molecular formula is C16H32N2O. The minimum Gasteiger partial charge on any atom is -0.353 e. The lowest BCUT2D eigenvalue weighted by Crippen LogP contribution is -2.49. The van der Waals surface area contributed by atoms with Gasteiger partial charge in [-0.3, -0.25) is 4.79 Å². The van der Waals surface area contributed by atoms with E-state index in [0.717, 1.165) is 38.8 Å². The number of amides is 1. The van der Waals surface area contributed by atoms with Gasteiger partial charge in [0.25, 0.3) is 0 Å². The largest absolute Gasteiger partial charge is 0.353 e. The van der Waals surface area contributed by atoms with Crippen molar-refractivity contribution >= 4 is 5.91 Å². The second kappa shape index (κ2) is 8.57. The Morgan fingerprint density at radius 3 is 2.47 bits per heavy atom. The van der Waals surface area contributed by atoms with Gasteiger partial charge in [0.15, 0.2) is 0 Å². The monoisotopic (exact) mass is 268 g/mol. The molecule has 0 radical (unpaired) electrons. The Morgan fingerprint density at radius 1 is 1.21 bits per heavy atom. The van der Waals surface area contributed by atoms with Crippen LogP contribution in [-0.2, 0) is 4.79 Å². The zero-order chi connectivity index (χ0) is 14.1. The van der Waals surface area contributed by atoms with E-state index in [9.17, 15) is 4.79 Å². The topological polar surface area (TPSA) is 41.1 Å². The first-order valence-corrected chi connectivity index (χ1v) is 8.16. The number of carbonyl (C=O) groups is 1. The molecule has 1 amide bonds. The molecule has 1 aliphatic rings. The molecule has 1 rings (SSSR count). The zero-order valence-electron chi connectivity index (χ0n) is 13.1. The van der Waals surface area contributed by atoms with Crippen molar-refractivity contribution in [2.24, 2.45) is 5.41 Å². The van der Waals surface area contributed by atoms with E-state index in [-0.39, 0.29) is 5.41 Å². The maximum Gasteiger partial charge on any atom is 0.226 e. The van der Waals surface area contributed by atoms with E-state index < -0.39 is 0 Å². The average Bonchev–Trinajstić information content (AvgIpc) is 2.44. The Kier molecular flexibility index (Phi) is 7.44. The third kappa shape index (κ3) is 5.13. The summed E-state index contributed by atoms with van der Waals surface area (Å²) in [5, 5.41) is 6.60. The third-order valence-corrected chi connectivity index (χ3v) is 4.59. The number of unbranched alkanes of at least 4 members (excludes halogenated alkanes) is 3. The summed E-state index contributed by atoms with van der Waals surface area (Å²) in [7, 11) is 0. The van der Waals surface area contributed by atoms with Crippen LogP contribution in [0.2, 0.25) is 0 Å². The van der Waals surface area contributed by atoms with Crippen molar-refractivity contribution in [2.75, 3.05) is 13.1 Å². The van der Waals surface area contributed by atoms with Gasteiger partial charge in [-0.25, -0.2) is 0 Å². The highest BCUT2D eigenvalue weighted by atomic mass is 16.2. The highest BCUT2D eigenvalue weighted by molar-refractivity contribution is 5.83. The molecule has 0 spiro atoms. The van der Waals surface area contributed by atoms with Crippen molar-refractivity contribution in [1.29, 1.82) is 0 Å². The lowest BCUT2D eigenvalue weighted by molar-refractivity contribution is -0.133. The van der Waals surface area contributed by atoms with Crippen molar-refractivity contribution in [3.63, 3.8) is 0 Å². The van der Waals surface area contributed by atoms with Crippen LogP contribution in [0.15, 0.2) is 0 Å². The van der Waals surface area contributed by atoms with Gasteiger partial charge >= 0.3 is 0 Å². The van der Waals surface area contributed by atoms with Crippen LogP contribution in [0.4, 0.5) is 0 Å². The number of hydrogen-bond donors (Lipinski definition) is 2. The number of carbonyl (C=O) groups excluding carboxylic acids is 1. The lowest BCUT2D eigenvalue weighted by atomic mass is 9.75. The predicted octanol–water partition coefficient (Wildman–Crippen LogP) is 3.24. The van der Waals surface area contributed by atoms with Crippen LogP contribution in [0.25, 0.3) is 0 Å². The molecule has 1 aliphatic heterocycles. The van der Waals surface area contributed by atoms with Crippen LogP contribution in [0.5, 0.6) is 0 Å². The first-order valence-electron chi connectivity index (χ1n) is 8.16. The summed E-state index contributed by atoms with van der Waals surface area (Å²) in [6.45, 7) is 8.48. The quantitative estimate of drug-likeness (QED) is 0.664. The smallest absolute Gasteiger partial charge is 0.226 e. The van der Waals surface area contributed by atoms with Crippen LogP contribution in [-0.4, -0.2) is 25.0 Å². The van der Waals surface area contributed by atoms with Gasteiger partial charge in [-0.15, -0.1) is 0 Å². The number of rotatable bonds is 8. The normalized spacial score (nSPS) is 19.9. The van der Waals surface area contributed by atoms with Gasteiger partial charge in [0.2, 0.25) is 5.91 Å². The Bertz CT molecular complexity index is 259. The summed E-state index contributed by atoms with van der Waals surface area (Å²) in [6.07, 6.45) is 9.15. The fourth-order valence-electron chi connectivity index (χ4n) is 2.97. The third-order valence-electron chi connectivity index (χ3n) is 4.59. The molecule has 1 fully saturated rings. The molecular weight excluding hydrogens is 236 g/mol. The maximum atomic E-state index is 12.5.